The summed E-state index contributed by atoms with van der Waals surface area (Å²) in [6.45, 7) is 7.38. The zero-order valence-electron chi connectivity index (χ0n) is 13.5. The first-order valence-electron chi connectivity index (χ1n) is 8.33. The van der Waals surface area contributed by atoms with Crippen molar-refractivity contribution in [1.29, 1.82) is 0 Å². The Labute approximate surface area is 132 Å². The molecule has 0 atom stereocenters. The van der Waals surface area contributed by atoms with E-state index in [9.17, 15) is 0 Å². The molecule has 5 nitrogen and oxygen atoms in total. The molecule has 0 spiro atoms. The molecule has 3 rings (SSSR count). The Bertz CT molecular complexity index is 613. The van der Waals surface area contributed by atoms with Crippen LogP contribution in [-0.2, 0) is 13.0 Å². The van der Waals surface area contributed by atoms with E-state index in [0.29, 0.717) is 5.92 Å². The van der Waals surface area contributed by atoms with Crippen molar-refractivity contribution >= 4 is 0 Å². The van der Waals surface area contributed by atoms with Gasteiger partial charge in [-0.25, -0.2) is 9.97 Å². The molecule has 1 saturated heterocycles. The maximum absolute atomic E-state index is 4.82. The van der Waals surface area contributed by atoms with E-state index >= 15 is 0 Å². The van der Waals surface area contributed by atoms with Crippen molar-refractivity contribution in [3.63, 3.8) is 0 Å². The molecule has 0 saturated carbocycles. The van der Waals surface area contributed by atoms with Crippen LogP contribution in [0.4, 0.5) is 0 Å². The Balaban J connectivity index is 1.84. The van der Waals surface area contributed by atoms with Gasteiger partial charge in [-0.3, -0.25) is 4.68 Å². The molecule has 1 N–H and O–H groups in total. The minimum Gasteiger partial charge on any atom is -0.317 e. The summed E-state index contributed by atoms with van der Waals surface area (Å²) in [7, 11) is 0. The van der Waals surface area contributed by atoms with Crippen LogP contribution in [0.5, 0.6) is 0 Å². The largest absolute Gasteiger partial charge is 0.317 e. The molecule has 1 aliphatic rings. The van der Waals surface area contributed by atoms with Gasteiger partial charge >= 0.3 is 0 Å². The van der Waals surface area contributed by atoms with Crippen molar-refractivity contribution < 1.29 is 0 Å². The molecule has 118 valence electrons. The summed E-state index contributed by atoms with van der Waals surface area (Å²) in [5.41, 5.74) is 3.14. The number of nitrogens with one attached hydrogen (secondary N) is 1. The average Bonchev–Trinajstić information content (AvgIpc) is 2.96. The van der Waals surface area contributed by atoms with Gasteiger partial charge in [0.1, 0.15) is 5.82 Å². The molecule has 0 unspecified atom stereocenters. The highest BCUT2D eigenvalue weighted by Crippen LogP contribution is 2.21. The number of aromatic nitrogens is 4. The number of nitrogens with zero attached hydrogens (tertiary/aromatic N) is 4. The molecule has 5 heteroatoms. The molecule has 0 bridgehead atoms. The Morgan fingerprint density at radius 1 is 1.27 bits per heavy atom. The standard InChI is InChI=1S/C17H25N5/c1-3-10-22-16(6-9-19-22)15-11-13(2)20-17(21-15)12-14-4-7-18-8-5-14/h6,9,11,14,18H,3-5,7-8,10,12H2,1-2H3. The molecular formula is C17H25N5. The third-order valence-electron chi connectivity index (χ3n) is 4.24. The number of piperidine rings is 1. The van der Waals surface area contributed by atoms with Gasteiger partial charge in [-0.1, -0.05) is 6.92 Å². The molecule has 1 aliphatic heterocycles. The second kappa shape index (κ2) is 7.01. The Morgan fingerprint density at radius 3 is 2.86 bits per heavy atom. The Morgan fingerprint density at radius 2 is 2.09 bits per heavy atom. The fourth-order valence-electron chi connectivity index (χ4n) is 3.14. The molecule has 2 aromatic rings. The highest BCUT2D eigenvalue weighted by atomic mass is 15.3. The third-order valence-corrected chi connectivity index (χ3v) is 4.24. The second-order valence-electron chi connectivity index (χ2n) is 6.15. The van der Waals surface area contributed by atoms with Crippen molar-refractivity contribution in [2.75, 3.05) is 13.1 Å². The number of rotatable bonds is 5. The van der Waals surface area contributed by atoms with Gasteiger partial charge in [-0.2, -0.15) is 5.10 Å². The SMILES string of the molecule is CCCn1nccc1-c1cc(C)nc(CC2CCNCC2)n1. The molecule has 2 aromatic heterocycles. The van der Waals surface area contributed by atoms with E-state index in [1.54, 1.807) is 0 Å². The fourth-order valence-corrected chi connectivity index (χ4v) is 3.14. The van der Waals surface area contributed by atoms with Crippen LogP contribution < -0.4 is 5.32 Å². The second-order valence-corrected chi connectivity index (χ2v) is 6.15. The van der Waals surface area contributed by atoms with E-state index in [2.05, 4.69) is 35.3 Å². The summed E-state index contributed by atoms with van der Waals surface area (Å²) in [6, 6.07) is 4.11. The monoisotopic (exact) mass is 299 g/mol. The van der Waals surface area contributed by atoms with E-state index in [4.69, 9.17) is 4.98 Å². The normalized spacial score (nSPS) is 16.1. The van der Waals surface area contributed by atoms with E-state index in [1.165, 1.54) is 12.8 Å². The molecule has 0 aliphatic carbocycles. The van der Waals surface area contributed by atoms with Crippen LogP contribution >= 0.6 is 0 Å². The first kappa shape index (κ1) is 15.2. The lowest BCUT2D eigenvalue weighted by Gasteiger charge is -2.22. The van der Waals surface area contributed by atoms with Crippen molar-refractivity contribution in [3.05, 3.63) is 29.8 Å². The van der Waals surface area contributed by atoms with Gasteiger partial charge in [0, 0.05) is 24.9 Å². The lowest BCUT2D eigenvalue weighted by Crippen LogP contribution is -2.29. The van der Waals surface area contributed by atoms with Crippen molar-refractivity contribution in [1.82, 2.24) is 25.1 Å². The summed E-state index contributed by atoms with van der Waals surface area (Å²) >= 11 is 0. The predicted molar refractivity (Wildman–Crippen MR) is 87.6 cm³/mol. The third kappa shape index (κ3) is 3.53. The Hall–Kier alpha value is -1.75. The van der Waals surface area contributed by atoms with Gasteiger partial charge in [0.2, 0.25) is 0 Å². The van der Waals surface area contributed by atoms with Gasteiger partial charge in [0.15, 0.2) is 0 Å². The lowest BCUT2D eigenvalue weighted by atomic mass is 9.94. The maximum Gasteiger partial charge on any atom is 0.129 e. The van der Waals surface area contributed by atoms with Gasteiger partial charge in [0.05, 0.1) is 11.4 Å². The topological polar surface area (TPSA) is 55.6 Å². The molecule has 1 fully saturated rings. The zero-order valence-corrected chi connectivity index (χ0v) is 13.5. The van der Waals surface area contributed by atoms with E-state index < -0.39 is 0 Å². The predicted octanol–water partition coefficient (Wildman–Crippen LogP) is 2.60. The van der Waals surface area contributed by atoms with Crippen LogP contribution in [0.1, 0.15) is 37.7 Å². The fraction of sp³-hybridized carbons (Fsp3) is 0.588. The summed E-state index contributed by atoms with van der Waals surface area (Å²) in [6.07, 6.45) is 6.36. The molecule has 22 heavy (non-hydrogen) atoms. The summed E-state index contributed by atoms with van der Waals surface area (Å²) in [5.74, 6) is 1.68. The summed E-state index contributed by atoms with van der Waals surface area (Å²) in [5, 5.41) is 7.82. The van der Waals surface area contributed by atoms with Gasteiger partial charge in [-0.15, -0.1) is 0 Å². The quantitative estimate of drug-likeness (QED) is 0.922. The van der Waals surface area contributed by atoms with E-state index in [-0.39, 0.29) is 0 Å². The van der Waals surface area contributed by atoms with E-state index in [1.807, 2.05) is 16.9 Å². The minimum absolute atomic E-state index is 0.705. The lowest BCUT2D eigenvalue weighted by molar-refractivity contribution is 0.367. The number of hydrogen-bond donors (Lipinski definition) is 1. The van der Waals surface area contributed by atoms with Crippen LogP contribution in [0.25, 0.3) is 11.4 Å². The summed E-state index contributed by atoms with van der Waals surface area (Å²) < 4.78 is 2.04. The highest BCUT2D eigenvalue weighted by Gasteiger charge is 2.16. The van der Waals surface area contributed by atoms with Crippen molar-refractivity contribution in [3.8, 4) is 11.4 Å². The van der Waals surface area contributed by atoms with Crippen LogP contribution in [0.15, 0.2) is 18.3 Å². The molecule has 0 amide bonds. The van der Waals surface area contributed by atoms with Crippen LogP contribution in [0.2, 0.25) is 0 Å². The highest BCUT2D eigenvalue weighted by molar-refractivity contribution is 5.54. The first-order valence-corrected chi connectivity index (χ1v) is 8.33. The maximum atomic E-state index is 4.82. The zero-order chi connectivity index (χ0) is 15.4. The smallest absolute Gasteiger partial charge is 0.129 e. The van der Waals surface area contributed by atoms with Gasteiger partial charge in [-0.05, 0) is 57.3 Å². The van der Waals surface area contributed by atoms with Crippen LogP contribution in [-0.4, -0.2) is 32.8 Å². The van der Waals surface area contributed by atoms with Crippen LogP contribution in [0.3, 0.4) is 0 Å². The minimum atomic E-state index is 0.705. The Kier molecular flexibility index (Phi) is 4.83. The molecular weight excluding hydrogens is 274 g/mol. The van der Waals surface area contributed by atoms with E-state index in [0.717, 1.165) is 55.4 Å². The first-order chi connectivity index (χ1) is 10.8. The molecule has 3 heterocycles. The van der Waals surface area contributed by atoms with Crippen molar-refractivity contribution in [2.24, 2.45) is 5.92 Å². The molecule has 0 radical (unpaired) electrons. The van der Waals surface area contributed by atoms with Crippen molar-refractivity contribution in [2.45, 2.75) is 46.1 Å². The van der Waals surface area contributed by atoms with Crippen LogP contribution in [0, 0.1) is 12.8 Å². The number of aryl methyl sites for hydroxylation is 2. The van der Waals surface area contributed by atoms with Gasteiger partial charge in [0.25, 0.3) is 0 Å². The number of hydrogen-bond acceptors (Lipinski definition) is 4. The van der Waals surface area contributed by atoms with Gasteiger partial charge < -0.3 is 5.32 Å². The average molecular weight is 299 g/mol. The summed E-state index contributed by atoms with van der Waals surface area (Å²) in [4.78, 5) is 9.47. The molecule has 0 aromatic carbocycles.